The summed E-state index contributed by atoms with van der Waals surface area (Å²) in [5.41, 5.74) is 0. The van der Waals surface area contributed by atoms with Gasteiger partial charge in [0, 0.05) is 12.1 Å². The summed E-state index contributed by atoms with van der Waals surface area (Å²) < 4.78 is 0. The molecule has 22 heavy (non-hydrogen) atoms. The molecule has 0 atom stereocenters. The highest BCUT2D eigenvalue weighted by Crippen LogP contribution is 2.17. The minimum atomic E-state index is -0.445. The molecule has 1 saturated carbocycles. The Balaban J connectivity index is 2.31. The van der Waals surface area contributed by atoms with Gasteiger partial charge in [-0.05, 0) is 33.2 Å². The molecule has 0 aromatic rings. The number of carbonyl (C=O) groups excluding carboxylic acids is 3. The van der Waals surface area contributed by atoms with Gasteiger partial charge in [0.25, 0.3) is 0 Å². The zero-order valence-corrected chi connectivity index (χ0v) is 13.8. The summed E-state index contributed by atoms with van der Waals surface area (Å²) in [5, 5.41) is 7.90. The minimum Gasteiger partial charge on any atom is -0.353 e. The molecule has 0 saturated heterocycles. The molecule has 1 aliphatic carbocycles. The Morgan fingerprint density at radius 1 is 1.09 bits per heavy atom. The van der Waals surface area contributed by atoms with E-state index in [4.69, 9.17) is 0 Å². The van der Waals surface area contributed by atoms with Crippen LogP contribution in [0, 0.1) is 0 Å². The van der Waals surface area contributed by atoms with Crippen LogP contribution in [0.1, 0.15) is 46.5 Å². The Morgan fingerprint density at radius 3 is 2.23 bits per heavy atom. The zero-order valence-electron chi connectivity index (χ0n) is 13.8. The summed E-state index contributed by atoms with van der Waals surface area (Å²) in [4.78, 5) is 36.9. The van der Waals surface area contributed by atoms with Gasteiger partial charge in [-0.25, -0.2) is 4.79 Å². The first-order chi connectivity index (χ1) is 10.4. The predicted octanol–water partition coefficient (Wildman–Crippen LogP) is 0.601. The normalized spacial score (nSPS) is 15.1. The number of hydrogen-bond donors (Lipinski definition) is 3. The van der Waals surface area contributed by atoms with E-state index >= 15 is 0 Å². The van der Waals surface area contributed by atoms with Crippen molar-refractivity contribution in [3.63, 3.8) is 0 Å². The molecule has 1 fully saturated rings. The van der Waals surface area contributed by atoms with E-state index in [1.54, 1.807) is 4.90 Å². The molecule has 0 heterocycles. The first kappa shape index (κ1) is 18.4. The molecule has 1 aliphatic rings. The number of nitrogens with one attached hydrogen (secondary N) is 3. The lowest BCUT2D eigenvalue weighted by atomic mass is 10.2. The van der Waals surface area contributed by atoms with E-state index in [1.807, 2.05) is 20.8 Å². The molecule has 0 aliphatic heterocycles. The molecule has 0 spiro atoms. The fourth-order valence-electron chi connectivity index (χ4n) is 2.51. The topological polar surface area (TPSA) is 90.5 Å². The van der Waals surface area contributed by atoms with Gasteiger partial charge in [-0.2, -0.15) is 0 Å². The number of urea groups is 1. The van der Waals surface area contributed by atoms with Crippen molar-refractivity contribution in [2.45, 2.75) is 58.5 Å². The number of nitrogens with zero attached hydrogens (tertiary/aromatic N) is 1. The Kier molecular flexibility index (Phi) is 7.87. The highest BCUT2D eigenvalue weighted by atomic mass is 16.2. The van der Waals surface area contributed by atoms with Gasteiger partial charge in [0.05, 0.1) is 13.1 Å². The van der Waals surface area contributed by atoms with Crippen molar-refractivity contribution >= 4 is 17.8 Å². The summed E-state index contributed by atoms with van der Waals surface area (Å²) in [7, 11) is 0. The first-order valence-electron chi connectivity index (χ1n) is 8.02. The third-order valence-electron chi connectivity index (χ3n) is 3.57. The van der Waals surface area contributed by atoms with E-state index < -0.39 is 11.9 Å². The molecule has 0 radical (unpaired) electrons. The van der Waals surface area contributed by atoms with E-state index in [2.05, 4.69) is 16.0 Å². The molecule has 126 valence electrons. The van der Waals surface area contributed by atoms with Gasteiger partial charge in [0.1, 0.15) is 0 Å². The Morgan fingerprint density at radius 2 is 1.68 bits per heavy atom. The van der Waals surface area contributed by atoms with E-state index in [0.29, 0.717) is 6.54 Å². The Labute approximate surface area is 132 Å². The molecule has 0 unspecified atom stereocenters. The molecular formula is C15H28N4O3. The van der Waals surface area contributed by atoms with Crippen LogP contribution >= 0.6 is 0 Å². The maximum atomic E-state index is 11.9. The van der Waals surface area contributed by atoms with Crippen LogP contribution in [0.4, 0.5) is 4.79 Å². The van der Waals surface area contributed by atoms with Crippen LogP contribution in [-0.2, 0) is 9.59 Å². The maximum absolute atomic E-state index is 11.9. The van der Waals surface area contributed by atoms with Crippen LogP contribution in [-0.4, -0.2) is 54.5 Å². The summed E-state index contributed by atoms with van der Waals surface area (Å²) in [6, 6.07) is -0.205. The minimum absolute atomic E-state index is 0.0279. The quantitative estimate of drug-likeness (QED) is 0.642. The van der Waals surface area contributed by atoms with E-state index in [-0.39, 0.29) is 31.1 Å². The molecule has 0 aromatic heterocycles. The van der Waals surface area contributed by atoms with Crippen molar-refractivity contribution in [3.8, 4) is 0 Å². The molecular weight excluding hydrogens is 284 g/mol. The van der Waals surface area contributed by atoms with Crippen LogP contribution in [0.3, 0.4) is 0 Å². The number of rotatable bonds is 7. The van der Waals surface area contributed by atoms with E-state index in [0.717, 1.165) is 25.7 Å². The van der Waals surface area contributed by atoms with Crippen LogP contribution in [0.5, 0.6) is 0 Å². The fourth-order valence-corrected chi connectivity index (χ4v) is 2.51. The van der Waals surface area contributed by atoms with Crippen LogP contribution in [0.2, 0.25) is 0 Å². The predicted molar refractivity (Wildman–Crippen MR) is 84.3 cm³/mol. The lowest BCUT2D eigenvalue weighted by Gasteiger charge is -2.20. The van der Waals surface area contributed by atoms with Crippen molar-refractivity contribution in [1.82, 2.24) is 20.9 Å². The third-order valence-corrected chi connectivity index (χ3v) is 3.57. The fraction of sp³-hybridized carbons (Fsp3) is 0.800. The van der Waals surface area contributed by atoms with Crippen molar-refractivity contribution < 1.29 is 14.4 Å². The average Bonchev–Trinajstić information content (AvgIpc) is 2.89. The monoisotopic (exact) mass is 312 g/mol. The number of imide groups is 1. The van der Waals surface area contributed by atoms with Crippen molar-refractivity contribution in [2.75, 3.05) is 19.6 Å². The number of amides is 4. The van der Waals surface area contributed by atoms with Crippen molar-refractivity contribution in [1.29, 1.82) is 0 Å². The summed E-state index contributed by atoms with van der Waals surface area (Å²) >= 11 is 0. The molecule has 4 amide bonds. The third kappa shape index (κ3) is 7.40. The van der Waals surface area contributed by atoms with Gasteiger partial charge in [-0.1, -0.05) is 19.8 Å². The number of likely N-dealkylation sites (N-methyl/N-ethyl adjacent to an activating group) is 1. The average molecular weight is 312 g/mol. The van der Waals surface area contributed by atoms with Gasteiger partial charge in [-0.3, -0.25) is 19.8 Å². The largest absolute Gasteiger partial charge is 0.353 e. The Hall–Kier alpha value is -1.63. The second-order valence-corrected chi connectivity index (χ2v) is 6.03. The van der Waals surface area contributed by atoms with Crippen LogP contribution in [0.25, 0.3) is 0 Å². The molecule has 0 aromatic carbocycles. The van der Waals surface area contributed by atoms with Crippen LogP contribution in [0.15, 0.2) is 0 Å². The lowest BCUT2D eigenvalue weighted by Crippen LogP contribution is -2.48. The number of carbonyl (C=O) groups is 3. The highest BCUT2D eigenvalue weighted by molar-refractivity contribution is 5.95. The van der Waals surface area contributed by atoms with Crippen molar-refractivity contribution in [3.05, 3.63) is 0 Å². The summed E-state index contributed by atoms with van der Waals surface area (Å²) in [5.74, 6) is -0.519. The maximum Gasteiger partial charge on any atom is 0.321 e. The highest BCUT2D eigenvalue weighted by Gasteiger charge is 2.19. The molecule has 0 bridgehead atoms. The summed E-state index contributed by atoms with van der Waals surface area (Å²) in [6.07, 6.45) is 4.18. The second kappa shape index (κ2) is 9.40. The van der Waals surface area contributed by atoms with E-state index in [9.17, 15) is 14.4 Å². The summed E-state index contributed by atoms with van der Waals surface area (Å²) in [6.45, 7) is 6.37. The van der Waals surface area contributed by atoms with Crippen LogP contribution < -0.4 is 16.0 Å². The SMILES string of the molecule is CCN(CC(=O)NC(=O)NC1CCCC1)CC(=O)NC(C)C. The molecule has 1 rings (SSSR count). The van der Waals surface area contributed by atoms with Gasteiger partial charge in [0.2, 0.25) is 11.8 Å². The second-order valence-electron chi connectivity index (χ2n) is 6.03. The Bertz CT molecular complexity index is 392. The van der Waals surface area contributed by atoms with Crippen molar-refractivity contribution in [2.24, 2.45) is 0 Å². The smallest absolute Gasteiger partial charge is 0.321 e. The standard InChI is InChI=1S/C15H28N4O3/c1-4-19(9-13(20)16-11(2)3)10-14(21)18-15(22)17-12-7-5-6-8-12/h11-12H,4-10H2,1-3H3,(H,16,20)(H2,17,18,21,22). The lowest BCUT2D eigenvalue weighted by molar-refractivity contribution is -0.124. The zero-order chi connectivity index (χ0) is 16.5. The molecule has 3 N–H and O–H groups in total. The first-order valence-corrected chi connectivity index (χ1v) is 8.02. The number of hydrogen-bond acceptors (Lipinski definition) is 4. The van der Waals surface area contributed by atoms with E-state index in [1.165, 1.54) is 0 Å². The molecule has 7 nitrogen and oxygen atoms in total. The van der Waals surface area contributed by atoms with Gasteiger partial charge in [0.15, 0.2) is 0 Å². The molecule has 7 heteroatoms. The van der Waals surface area contributed by atoms with Gasteiger partial charge < -0.3 is 10.6 Å². The van der Waals surface area contributed by atoms with Gasteiger partial charge in [-0.15, -0.1) is 0 Å². The van der Waals surface area contributed by atoms with Gasteiger partial charge >= 0.3 is 6.03 Å².